The van der Waals surface area contributed by atoms with Gasteiger partial charge in [0.1, 0.15) is 0 Å². The number of amides is 1. The van der Waals surface area contributed by atoms with Crippen LogP contribution in [0.5, 0.6) is 0 Å². The number of carbonyl (C=O) groups is 2. The average molecular weight is 246 g/mol. The molecular weight excluding hydrogens is 232 g/mol. The quantitative estimate of drug-likeness (QED) is 0.762. The van der Waals surface area contributed by atoms with Crippen molar-refractivity contribution in [3.63, 3.8) is 0 Å². The zero-order valence-electron chi connectivity index (χ0n) is 10.3. The molecule has 0 saturated carbocycles. The molecule has 0 saturated heterocycles. The van der Waals surface area contributed by atoms with Crippen molar-refractivity contribution in [3.8, 4) is 0 Å². The van der Waals surface area contributed by atoms with Gasteiger partial charge in [-0.1, -0.05) is 18.2 Å². The summed E-state index contributed by atoms with van der Waals surface area (Å²) in [5.41, 5.74) is 1.78. The number of carbonyl (C=O) groups excluding carboxylic acids is 2. The van der Waals surface area contributed by atoms with Gasteiger partial charge in [0.05, 0.1) is 18.7 Å². The summed E-state index contributed by atoms with van der Waals surface area (Å²) >= 11 is 0. The molecule has 0 spiro atoms. The van der Waals surface area contributed by atoms with E-state index in [-0.39, 0.29) is 24.6 Å². The second-order valence-electron chi connectivity index (χ2n) is 3.94. The molecule has 0 radical (unpaired) electrons. The van der Waals surface area contributed by atoms with Crippen LogP contribution in [0.15, 0.2) is 29.4 Å². The smallest absolute Gasteiger partial charge is 0.355 e. The fraction of sp³-hybridized carbons (Fsp3) is 0.308. The summed E-state index contributed by atoms with van der Waals surface area (Å²) in [6.45, 7) is 3.88. The molecule has 0 fully saturated rings. The lowest BCUT2D eigenvalue weighted by molar-refractivity contribution is -0.135. The van der Waals surface area contributed by atoms with Crippen molar-refractivity contribution in [2.45, 2.75) is 20.3 Å². The number of anilines is 1. The Morgan fingerprint density at radius 3 is 2.83 bits per heavy atom. The molecule has 5 nitrogen and oxygen atoms in total. The summed E-state index contributed by atoms with van der Waals surface area (Å²) in [6.07, 6.45) is -0.00678. The van der Waals surface area contributed by atoms with Gasteiger partial charge in [0, 0.05) is 0 Å². The lowest BCUT2D eigenvalue weighted by Gasteiger charge is -2.13. The Kier molecular flexibility index (Phi) is 3.41. The van der Waals surface area contributed by atoms with Crippen molar-refractivity contribution in [3.05, 3.63) is 29.8 Å². The summed E-state index contributed by atoms with van der Waals surface area (Å²) in [5, 5.41) is 5.31. The zero-order valence-corrected chi connectivity index (χ0v) is 10.3. The minimum atomic E-state index is -0.526. The first kappa shape index (κ1) is 12.3. The Labute approximate surface area is 105 Å². The maximum Gasteiger partial charge on any atom is 0.355 e. The molecule has 5 heteroatoms. The summed E-state index contributed by atoms with van der Waals surface area (Å²) in [5.74, 6) is -0.741. The van der Waals surface area contributed by atoms with Gasteiger partial charge in [0.25, 0.3) is 5.91 Å². The Hall–Kier alpha value is -2.17. The molecule has 0 atom stereocenters. The number of esters is 1. The number of para-hydroxylation sites is 1. The number of hydrogen-bond donors (Lipinski definition) is 0. The molecule has 1 aliphatic rings. The van der Waals surface area contributed by atoms with Crippen LogP contribution in [0, 0.1) is 6.92 Å². The molecule has 1 aromatic rings. The zero-order chi connectivity index (χ0) is 13.1. The highest BCUT2D eigenvalue weighted by molar-refractivity contribution is 6.42. The summed E-state index contributed by atoms with van der Waals surface area (Å²) in [6, 6.07) is 7.40. The number of hydrogen-bond acceptors (Lipinski definition) is 4. The first-order valence-electron chi connectivity index (χ1n) is 5.76. The van der Waals surface area contributed by atoms with Crippen LogP contribution in [0.4, 0.5) is 5.69 Å². The lowest BCUT2D eigenvalue weighted by Crippen LogP contribution is -2.20. The maximum atomic E-state index is 11.8. The number of aryl methyl sites for hydroxylation is 1. The molecule has 1 amide bonds. The van der Waals surface area contributed by atoms with Gasteiger partial charge in [-0.25, -0.2) is 4.79 Å². The van der Waals surface area contributed by atoms with E-state index in [0.29, 0.717) is 5.69 Å². The van der Waals surface area contributed by atoms with E-state index >= 15 is 0 Å². The van der Waals surface area contributed by atoms with E-state index in [9.17, 15) is 9.59 Å². The van der Waals surface area contributed by atoms with Gasteiger partial charge in [0.15, 0.2) is 5.71 Å². The average Bonchev–Trinajstić information content (AvgIpc) is 2.72. The van der Waals surface area contributed by atoms with Gasteiger partial charge in [-0.3, -0.25) is 4.79 Å². The number of benzene rings is 1. The monoisotopic (exact) mass is 246 g/mol. The fourth-order valence-corrected chi connectivity index (χ4v) is 1.75. The SMILES string of the molecule is CCOC(=O)C1=NN(c2ccccc2C)C(=O)C1. The van der Waals surface area contributed by atoms with Crippen molar-refractivity contribution in [1.29, 1.82) is 0 Å². The molecule has 0 aliphatic carbocycles. The second kappa shape index (κ2) is 5.00. The minimum absolute atomic E-state index is 0.00678. The number of rotatable bonds is 3. The summed E-state index contributed by atoms with van der Waals surface area (Å²) in [7, 11) is 0. The molecule has 94 valence electrons. The lowest BCUT2D eigenvalue weighted by atomic mass is 10.2. The number of ether oxygens (including phenoxy) is 1. The number of hydrazone groups is 1. The standard InChI is InChI=1S/C13H14N2O3/c1-3-18-13(17)10-8-12(16)15(14-10)11-7-5-4-6-9(11)2/h4-7H,3,8H2,1-2H3. The van der Waals surface area contributed by atoms with Crippen molar-refractivity contribution in [2.24, 2.45) is 5.10 Å². The largest absolute Gasteiger partial charge is 0.461 e. The van der Waals surface area contributed by atoms with Crippen LogP contribution in [0.2, 0.25) is 0 Å². The van der Waals surface area contributed by atoms with Crippen molar-refractivity contribution < 1.29 is 14.3 Å². The van der Waals surface area contributed by atoms with E-state index in [0.717, 1.165) is 5.56 Å². The Morgan fingerprint density at radius 2 is 2.17 bits per heavy atom. The van der Waals surface area contributed by atoms with E-state index in [1.165, 1.54) is 5.01 Å². The molecule has 1 heterocycles. The van der Waals surface area contributed by atoms with Gasteiger partial charge in [-0.2, -0.15) is 10.1 Å². The molecule has 0 bridgehead atoms. The van der Waals surface area contributed by atoms with Crippen LogP contribution in [0.25, 0.3) is 0 Å². The number of nitrogens with zero attached hydrogens (tertiary/aromatic N) is 2. The van der Waals surface area contributed by atoms with Gasteiger partial charge < -0.3 is 4.74 Å². The van der Waals surface area contributed by atoms with Crippen LogP contribution in [-0.2, 0) is 14.3 Å². The first-order chi connectivity index (χ1) is 8.63. The minimum Gasteiger partial charge on any atom is -0.461 e. The fourth-order valence-electron chi connectivity index (χ4n) is 1.75. The van der Waals surface area contributed by atoms with E-state index in [1.54, 1.807) is 13.0 Å². The highest BCUT2D eigenvalue weighted by Crippen LogP contribution is 2.24. The molecular formula is C13H14N2O3. The summed E-state index contributed by atoms with van der Waals surface area (Å²) < 4.78 is 4.84. The predicted octanol–water partition coefficient (Wildman–Crippen LogP) is 1.65. The second-order valence-corrected chi connectivity index (χ2v) is 3.94. The third-order valence-electron chi connectivity index (χ3n) is 2.63. The Balaban J connectivity index is 2.27. The highest BCUT2D eigenvalue weighted by atomic mass is 16.5. The molecule has 2 rings (SSSR count). The van der Waals surface area contributed by atoms with Crippen molar-refractivity contribution >= 4 is 23.3 Å². The van der Waals surface area contributed by atoms with Crippen LogP contribution in [0.1, 0.15) is 18.9 Å². The molecule has 18 heavy (non-hydrogen) atoms. The Bertz CT molecular complexity index is 523. The Morgan fingerprint density at radius 1 is 1.44 bits per heavy atom. The van der Waals surface area contributed by atoms with E-state index < -0.39 is 5.97 Å². The van der Waals surface area contributed by atoms with Gasteiger partial charge in [-0.05, 0) is 25.5 Å². The predicted molar refractivity (Wildman–Crippen MR) is 67.4 cm³/mol. The van der Waals surface area contributed by atoms with Crippen molar-refractivity contribution in [2.75, 3.05) is 11.6 Å². The van der Waals surface area contributed by atoms with Gasteiger partial charge in [0.2, 0.25) is 0 Å². The third-order valence-corrected chi connectivity index (χ3v) is 2.63. The van der Waals surface area contributed by atoms with Crippen LogP contribution in [-0.4, -0.2) is 24.2 Å². The van der Waals surface area contributed by atoms with Crippen LogP contribution < -0.4 is 5.01 Å². The molecule has 1 aromatic carbocycles. The van der Waals surface area contributed by atoms with E-state index in [1.807, 2.05) is 25.1 Å². The van der Waals surface area contributed by atoms with E-state index in [2.05, 4.69) is 5.10 Å². The topological polar surface area (TPSA) is 59.0 Å². The maximum absolute atomic E-state index is 11.8. The summed E-state index contributed by atoms with van der Waals surface area (Å²) in [4.78, 5) is 23.4. The van der Waals surface area contributed by atoms with E-state index in [4.69, 9.17) is 4.74 Å². The van der Waals surface area contributed by atoms with Crippen LogP contribution in [0.3, 0.4) is 0 Å². The molecule has 0 unspecified atom stereocenters. The van der Waals surface area contributed by atoms with Crippen LogP contribution >= 0.6 is 0 Å². The molecule has 0 aromatic heterocycles. The molecule has 0 N–H and O–H groups in total. The first-order valence-corrected chi connectivity index (χ1v) is 5.76. The van der Waals surface area contributed by atoms with Gasteiger partial charge in [-0.15, -0.1) is 0 Å². The third kappa shape index (κ3) is 2.25. The van der Waals surface area contributed by atoms with Gasteiger partial charge >= 0.3 is 5.97 Å². The molecule has 1 aliphatic heterocycles. The normalized spacial score (nSPS) is 14.7. The van der Waals surface area contributed by atoms with Crippen molar-refractivity contribution in [1.82, 2.24) is 0 Å². The highest BCUT2D eigenvalue weighted by Gasteiger charge is 2.30.